The van der Waals surface area contributed by atoms with Crippen molar-refractivity contribution in [3.63, 3.8) is 0 Å². The molecule has 0 bridgehead atoms. The highest BCUT2D eigenvalue weighted by Gasteiger charge is 2.25. The number of ether oxygens (including phenoxy) is 1. The molecule has 0 saturated carbocycles. The second kappa shape index (κ2) is 6.36. The van der Waals surface area contributed by atoms with Crippen molar-refractivity contribution >= 4 is 45.5 Å². The molecule has 0 aliphatic heterocycles. The van der Waals surface area contributed by atoms with E-state index in [-0.39, 0.29) is 11.2 Å². The van der Waals surface area contributed by atoms with Crippen molar-refractivity contribution in [3.05, 3.63) is 22.4 Å². The minimum absolute atomic E-state index is 0.273. The van der Waals surface area contributed by atoms with E-state index >= 15 is 0 Å². The van der Waals surface area contributed by atoms with Crippen LogP contribution in [-0.4, -0.2) is 37.4 Å². The van der Waals surface area contributed by atoms with Crippen molar-refractivity contribution in [3.8, 4) is 0 Å². The molecule has 19 heavy (non-hydrogen) atoms. The Labute approximate surface area is 123 Å². The summed E-state index contributed by atoms with van der Waals surface area (Å²) in [7, 11) is 5.21. The Morgan fingerprint density at radius 3 is 2.79 bits per heavy atom. The quantitative estimate of drug-likeness (QED) is 0.624. The standard InChI is InChI=1S/C11H13N3O2S3/c1-14(2)10-12-13-11(19-10)18-8(9(15)16-3)7-4-5-17-6-7/h4-6,8H,1-3H3/t8-/m1/s1. The van der Waals surface area contributed by atoms with Gasteiger partial charge in [-0.2, -0.15) is 11.3 Å². The molecule has 2 heterocycles. The Morgan fingerprint density at radius 2 is 2.26 bits per heavy atom. The molecule has 0 N–H and O–H groups in total. The van der Waals surface area contributed by atoms with Crippen LogP contribution in [0, 0.1) is 0 Å². The second-order valence-electron chi connectivity index (χ2n) is 3.82. The number of carbonyl (C=O) groups is 1. The Kier molecular flexibility index (Phi) is 4.78. The zero-order valence-corrected chi connectivity index (χ0v) is 13.1. The summed E-state index contributed by atoms with van der Waals surface area (Å²) in [4.78, 5) is 13.8. The predicted molar refractivity (Wildman–Crippen MR) is 79.2 cm³/mol. The first-order valence-corrected chi connectivity index (χ1v) is 8.03. The van der Waals surface area contributed by atoms with E-state index in [1.54, 1.807) is 11.3 Å². The van der Waals surface area contributed by atoms with Gasteiger partial charge in [0.1, 0.15) is 5.25 Å². The molecule has 0 aromatic carbocycles. The maximum atomic E-state index is 11.9. The van der Waals surface area contributed by atoms with Crippen LogP contribution in [0.25, 0.3) is 0 Å². The van der Waals surface area contributed by atoms with E-state index in [0.717, 1.165) is 15.0 Å². The molecule has 0 aliphatic rings. The lowest BCUT2D eigenvalue weighted by Crippen LogP contribution is -2.10. The fraction of sp³-hybridized carbons (Fsp3) is 0.364. The first-order chi connectivity index (χ1) is 9.11. The summed E-state index contributed by atoms with van der Waals surface area (Å²) in [6.45, 7) is 0. The second-order valence-corrected chi connectivity index (χ2v) is 6.91. The van der Waals surface area contributed by atoms with Crippen LogP contribution in [-0.2, 0) is 9.53 Å². The molecule has 0 aliphatic carbocycles. The molecule has 2 rings (SSSR count). The number of thioether (sulfide) groups is 1. The zero-order chi connectivity index (χ0) is 13.8. The molecule has 2 aromatic rings. The number of thiophene rings is 1. The van der Waals surface area contributed by atoms with Gasteiger partial charge in [-0.25, -0.2) is 0 Å². The lowest BCUT2D eigenvalue weighted by Gasteiger charge is -2.10. The number of aromatic nitrogens is 2. The smallest absolute Gasteiger partial charge is 0.323 e. The molecule has 8 heteroatoms. The molecule has 0 unspecified atom stereocenters. The van der Waals surface area contributed by atoms with E-state index in [2.05, 4.69) is 10.2 Å². The van der Waals surface area contributed by atoms with Crippen molar-refractivity contribution in [2.24, 2.45) is 0 Å². The molecule has 5 nitrogen and oxygen atoms in total. The average Bonchev–Trinajstić information content (AvgIpc) is 3.05. The van der Waals surface area contributed by atoms with Gasteiger partial charge in [-0.15, -0.1) is 10.2 Å². The fourth-order valence-corrected chi connectivity index (χ4v) is 4.06. The van der Waals surface area contributed by atoms with Gasteiger partial charge < -0.3 is 9.64 Å². The highest BCUT2D eigenvalue weighted by atomic mass is 32.2. The first-order valence-electron chi connectivity index (χ1n) is 5.39. The van der Waals surface area contributed by atoms with Gasteiger partial charge in [0.05, 0.1) is 7.11 Å². The van der Waals surface area contributed by atoms with Gasteiger partial charge in [-0.1, -0.05) is 23.1 Å². The van der Waals surface area contributed by atoms with E-state index in [9.17, 15) is 4.79 Å². The van der Waals surface area contributed by atoms with Gasteiger partial charge in [0.25, 0.3) is 0 Å². The number of nitrogens with zero attached hydrogens (tertiary/aromatic N) is 3. The maximum Gasteiger partial charge on any atom is 0.323 e. The number of esters is 1. The van der Waals surface area contributed by atoms with Crippen LogP contribution >= 0.6 is 34.4 Å². The molecular formula is C11H13N3O2S3. The Morgan fingerprint density at radius 1 is 1.47 bits per heavy atom. The number of anilines is 1. The molecule has 102 valence electrons. The van der Waals surface area contributed by atoms with E-state index in [1.807, 2.05) is 35.8 Å². The molecule has 0 spiro atoms. The third kappa shape index (κ3) is 3.46. The topological polar surface area (TPSA) is 55.3 Å². The summed E-state index contributed by atoms with van der Waals surface area (Å²) in [6.07, 6.45) is 0. The van der Waals surface area contributed by atoms with Crippen molar-refractivity contribution in [2.45, 2.75) is 9.59 Å². The molecular weight excluding hydrogens is 302 g/mol. The van der Waals surface area contributed by atoms with Gasteiger partial charge in [0.15, 0.2) is 4.34 Å². The van der Waals surface area contributed by atoms with Crippen molar-refractivity contribution in [1.82, 2.24) is 10.2 Å². The summed E-state index contributed by atoms with van der Waals surface area (Å²) in [5.41, 5.74) is 0.934. The highest BCUT2D eigenvalue weighted by molar-refractivity contribution is 8.01. The number of rotatable bonds is 5. The van der Waals surface area contributed by atoms with Gasteiger partial charge in [0, 0.05) is 14.1 Å². The SMILES string of the molecule is COC(=O)[C@H](Sc1nnc(N(C)C)s1)c1ccsc1. The molecule has 2 aromatic heterocycles. The average molecular weight is 315 g/mol. The lowest BCUT2D eigenvalue weighted by molar-refractivity contribution is -0.140. The number of hydrogen-bond donors (Lipinski definition) is 0. The van der Waals surface area contributed by atoms with Crippen LogP contribution in [0.4, 0.5) is 5.13 Å². The minimum Gasteiger partial charge on any atom is -0.468 e. The molecule has 0 amide bonds. The van der Waals surface area contributed by atoms with Crippen LogP contribution in [0.3, 0.4) is 0 Å². The Balaban J connectivity index is 2.18. The van der Waals surface area contributed by atoms with Gasteiger partial charge in [-0.05, 0) is 22.4 Å². The fourth-order valence-electron chi connectivity index (χ4n) is 1.32. The minimum atomic E-state index is -0.390. The maximum absolute atomic E-state index is 11.9. The van der Waals surface area contributed by atoms with Gasteiger partial charge >= 0.3 is 5.97 Å². The number of carbonyl (C=O) groups excluding carboxylic acids is 1. The van der Waals surface area contributed by atoms with Crippen LogP contribution in [0.5, 0.6) is 0 Å². The van der Waals surface area contributed by atoms with Crippen LogP contribution < -0.4 is 4.90 Å². The summed E-state index contributed by atoms with van der Waals surface area (Å²) in [5.74, 6) is -0.273. The van der Waals surface area contributed by atoms with E-state index in [1.165, 1.54) is 30.2 Å². The number of methoxy groups -OCH3 is 1. The van der Waals surface area contributed by atoms with Crippen molar-refractivity contribution in [2.75, 3.05) is 26.1 Å². The van der Waals surface area contributed by atoms with Gasteiger partial charge in [0.2, 0.25) is 5.13 Å². The van der Waals surface area contributed by atoms with E-state index in [0.29, 0.717) is 0 Å². The predicted octanol–water partition coefficient (Wildman–Crippen LogP) is 2.67. The van der Waals surface area contributed by atoms with Crippen molar-refractivity contribution in [1.29, 1.82) is 0 Å². The van der Waals surface area contributed by atoms with E-state index in [4.69, 9.17) is 4.74 Å². The summed E-state index contributed by atoms with van der Waals surface area (Å²) >= 11 is 4.38. The summed E-state index contributed by atoms with van der Waals surface area (Å²) in [5, 5.41) is 12.5. The summed E-state index contributed by atoms with van der Waals surface area (Å²) < 4.78 is 5.61. The summed E-state index contributed by atoms with van der Waals surface area (Å²) in [6, 6.07) is 1.92. The Hall–Kier alpha value is -1.12. The van der Waals surface area contributed by atoms with Crippen LogP contribution in [0.15, 0.2) is 21.2 Å². The zero-order valence-electron chi connectivity index (χ0n) is 10.7. The largest absolute Gasteiger partial charge is 0.468 e. The Bertz CT molecular complexity index is 539. The van der Waals surface area contributed by atoms with Crippen molar-refractivity contribution < 1.29 is 9.53 Å². The van der Waals surface area contributed by atoms with E-state index < -0.39 is 0 Å². The highest BCUT2D eigenvalue weighted by Crippen LogP contribution is 2.39. The van der Waals surface area contributed by atoms with Gasteiger partial charge in [-0.3, -0.25) is 4.79 Å². The lowest BCUT2D eigenvalue weighted by atomic mass is 10.2. The molecule has 0 saturated heterocycles. The normalized spacial score (nSPS) is 12.2. The molecule has 0 fully saturated rings. The van der Waals surface area contributed by atoms with Crippen LogP contribution in [0.2, 0.25) is 0 Å². The molecule has 0 radical (unpaired) electrons. The first kappa shape index (κ1) is 14.3. The number of hydrogen-bond acceptors (Lipinski definition) is 8. The van der Waals surface area contributed by atoms with Crippen LogP contribution in [0.1, 0.15) is 10.8 Å². The third-order valence-corrected chi connectivity index (χ3v) is 5.37. The third-order valence-electron chi connectivity index (χ3n) is 2.26. The molecule has 1 atom stereocenters. The monoisotopic (exact) mass is 315 g/mol.